The molecule has 38 heavy (non-hydrogen) atoms. The number of sulfonamides is 1. The van der Waals surface area contributed by atoms with Gasteiger partial charge in [0.2, 0.25) is 0 Å². The highest BCUT2D eigenvalue weighted by Crippen LogP contribution is 2.34. The Balaban J connectivity index is 1.44. The number of pyridine rings is 1. The number of aromatic nitrogens is 2. The van der Waals surface area contributed by atoms with Gasteiger partial charge >= 0.3 is 0 Å². The quantitative estimate of drug-likeness (QED) is 0.245. The summed E-state index contributed by atoms with van der Waals surface area (Å²) in [5, 5.41) is 1.10. The summed E-state index contributed by atoms with van der Waals surface area (Å²) in [6.45, 7) is 2.17. The van der Waals surface area contributed by atoms with Crippen LogP contribution in [0, 0.1) is 12.7 Å². The number of carbonyl (C=O) groups excluding carboxylic acids is 1. The molecule has 0 saturated heterocycles. The molecule has 0 fully saturated rings. The lowest BCUT2D eigenvalue weighted by Gasteiger charge is -2.20. The first-order valence-corrected chi connectivity index (χ1v) is 14.0. The van der Waals surface area contributed by atoms with E-state index >= 15 is 0 Å². The molecule has 0 aliphatic rings. The van der Waals surface area contributed by atoms with Crippen LogP contribution in [0.15, 0.2) is 90.1 Å². The SMILES string of the molecule is Cc1cc(Cl)cc2sc(N(Cc3ccncc3)C(=O)c3ccc(NS(=O)(=O)c4ccc(F)cc4)cc3)nc12. The Morgan fingerprint density at radius 1 is 1.03 bits per heavy atom. The third-order valence-corrected chi connectivity index (χ3v) is 8.35. The Morgan fingerprint density at radius 2 is 1.71 bits per heavy atom. The van der Waals surface area contributed by atoms with Gasteiger partial charge in [-0.2, -0.15) is 0 Å². The minimum absolute atomic E-state index is 0.0752. The molecule has 1 N–H and O–H groups in total. The van der Waals surface area contributed by atoms with Crippen LogP contribution in [-0.2, 0) is 16.6 Å². The molecule has 5 aromatic rings. The van der Waals surface area contributed by atoms with Crippen molar-refractivity contribution in [3.8, 4) is 0 Å². The zero-order valence-corrected chi connectivity index (χ0v) is 22.3. The summed E-state index contributed by atoms with van der Waals surface area (Å²) in [6.07, 6.45) is 3.31. The Labute approximate surface area is 227 Å². The van der Waals surface area contributed by atoms with Gasteiger partial charge in [0.15, 0.2) is 5.13 Å². The molecule has 1 amide bonds. The van der Waals surface area contributed by atoms with Gasteiger partial charge in [-0.1, -0.05) is 22.9 Å². The first-order valence-electron chi connectivity index (χ1n) is 11.4. The fourth-order valence-corrected chi connectivity index (χ4v) is 6.30. The predicted octanol–water partition coefficient (Wildman–Crippen LogP) is 6.44. The van der Waals surface area contributed by atoms with Crippen LogP contribution in [0.4, 0.5) is 15.2 Å². The van der Waals surface area contributed by atoms with Crippen molar-refractivity contribution in [2.75, 3.05) is 9.62 Å². The lowest BCUT2D eigenvalue weighted by Crippen LogP contribution is -2.30. The number of benzene rings is 3. The lowest BCUT2D eigenvalue weighted by molar-refractivity contribution is 0.0985. The molecule has 0 aliphatic heterocycles. The Morgan fingerprint density at radius 3 is 2.39 bits per heavy atom. The molecule has 2 heterocycles. The van der Waals surface area contributed by atoms with Crippen molar-refractivity contribution >= 4 is 59.9 Å². The van der Waals surface area contributed by atoms with Crippen LogP contribution in [0.5, 0.6) is 0 Å². The van der Waals surface area contributed by atoms with Gasteiger partial charge in [0.05, 0.1) is 21.7 Å². The molecule has 2 aromatic heterocycles. The van der Waals surface area contributed by atoms with Crippen LogP contribution in [-0.4, -0.2) is 24.3 Å². The molecule has 11 heteroatoms. The van der Waals surface area contributed by atoms with E-state index in [0.29, 0.717) is 15.7 Å². The second-order valence-corrected chi connectivity index (χ2v) is 11.6. The number of fused-ring (bicyclic) bond motifs is 1. The smallest absolute Gasteiger partial charge is 0.261 e. The number of halogens is 2. The van der Waals surface area contributed by atoms with Crippen molar-refractivity contribution in [3.63, 3.8) is 0 Å². The number of aryl methyl sites for hydroxylation is 1. The van der Waals surface area contributed by atoms with Crippen LogP contribution in [0.25, 0.3) is 10.2 Å². The standard InChI is InChI=1S/C27H20ClFN4O3S2/c1-17-14-20(28)15-24-25(17)31-27(37-24)33(16-18-10-12-30-13-11-18)26(34)19-2-6-22(7-3-19)32-38(35,36)23-8-4-21(29)5-9-23/h2-15,32H,16H2,1H3. The van der Waals surface area contributed by atoms with Gasteiger partial charge < -0.3 is 0 Å². The summed E-state index contributed by atoms with van der Waals surface area (Å²) < 4.78 is 41.8. The van der Waals surface area contributed by atoms with Crippen LogP contribution >= 0.6 is 22.9 Å². The molecular formula is C27H20ClFN4O3S2. The molecule has 0 aliphatic carbocycles. The fourth-order valence-electron chi connectivity index (χ4n) is 3.82. The molecule has 0 bridgehead atoms. The number of hydrogen-bond acceptors (Lipinski definition) is 6. The molecule has 5 rings (SSSR count). The molecule has 7 nitrogen and oxygen atoms in total. The van der Waals surface area contributed by atoms with Crippen molar-refractivity contribution in [2.24, 2.45) is 0 Å². The number of nitrogens with zero attached hydrogens (tertiary/aromatic N) is 3. The van der Waals surface area contributed by atoms with Crippen molar-refractivity contribution in [2.45, 2.75) is 18.4 Å². The van der Waals surface area contributed by atoms with Gasteiger partial charge in [-0.25, -0.2) is 17.8 Å². The topological polar surface area (TPSA) is 92.3 Å². The van der Waals surface area contributed by atoms with Gasteiger partial charge in [0.25, 0.3) is 15.9 Å². The van der Waals surface area contributed by atoms with E-state index in [1.165, 1.54) is 35.6 Å². The van der Waals surface area contributed by atoms with Crippen LogP contribution < -0.4 is 9.62 Å². The Bertz CT molecular complexity index is 1730. The van der Waals surface area contributed by atoms with E-state index in [2.05, 4.69) is 9.71 Å². The lowest BCUT2D eigenvalue weighted by atomic mass is 10.1. The highest BCUT2D eigenvalue weighted by Gasteiger charge is 2.23. The fraction of sp³-hybridized carbons (Fsp3) is 0.0741. The van der Waals surface area contributed by atoms with Gasteiger partial charge in [0, 0.05) is 28.7 Å². The minimum Gasteiger partial charge on any atom is -0.280 e. The highest BCUT2D eigenvalue weighted by atomic mass is 35.5. The summed E-state index contributed by atoms with van der Waals surface area (Å²) in [5.41, 5.74) is 3.15. The zero-order valence-electron chi connectivity index (χ0n) is 19.9. The summed E-state index contributed by atoms with van der Waals surface area (Å²) in [6, 6.07) is 17.9. The minimum atomic E-state index is -3.92. The molecule has 3 aromatic carbocycles. The monoisotopic (exact) mass is 566 g/mol. The molecule has 0 spiro atoms. The molecule has 0 unspecified atom stereocenters. The Hall–Kier alpha value is -3.86. The van der Waals surface area contributed by atoms with Gasteiger partial charge in [0.1, 0.15) is 5.82 Å². The number of nitrogens with one attached hydrogen (secondary N) is 1. The van der Waals surface area contributed by atoms with E-state index in [9.17, 15) is 17.6 Å². The second-order valence-electron chi connectivity index (χ2n) is 8.45. The molecule has 0 saturated carbocycles. The number of carbonyl (C=O) groups is 1. The average Bonchev–Trinajstić information content (AvgIpc) is 3.32. The number of anilines is 2. The van der Waals surface area contributed by atoms with Crippen molar-refractivity contribution in [1.82, 2.24) is 9.97 Å². The summed E-state index contributed by atoms with van der Waals surface area (Å²) in [5.74, 6) is -0.841. The van der Waals surface area contributed by atoms with Crippen molar-refractivity contribution < 1.29 is 17.6 Å². The zero-order chi connectivity index (χ0) is 26.9. The van der Waals surface area contributed by atoms with E-state index in [1.54, 1.807) is 29.4 Å². The number of hydrogen-bond donors (Lipinski definition) is 1. The second kappa shape index (κ2) is 10.5. The maximum atomic E-state index is 13.7. The predicted molar refractivity (Wildman–Crippen MR) is 148 cm³/mol. The average molecular weight is 567 g/mol. The largest absolute Gasteiger partial charge is 0.280 e. The van der Waals surface area contributed by atoms with E-state index in [4.69, 9.17) is 16.6 Å². The van der Waals surface area contributed by atoms with E-state index < -0.39 is 15.8 Å². The van der Waals surface area contributed by atoms with Crippen molar-refractivity contribution in [3.05, 3.63) is 113 Å². The van der Waals surface area contributed by atoms with E-state index in [1.807, 2.05) is 31.2 Å². The third-order valence-electron chi connectivity index (χ3n) is 5.71. The first kappa shape index (κ1) is 25.8. The number of rotatable bonds is 7. The normalized spacial score (nSPS) is 11.4. The van der Waals surface area contributed by atoms with E-state index in [-0.39, 0.29) is 23.0 Å². The third kappa shape index (κ3) is 5.52. The number of thiazole rings is 1. The molecule has 0 atom stereocenters. The van der Waals surface area contributed by atoms with Crippen LogP contribution in [0.1, 0.15) is 21.5 Å². The maximum absolute atomic E-state index is 13.7. The van der Waals surface area contributed by atoms with Crippen LogP contribution in [0.2, 0.25) is 5.02 Å². The number of amides is 1. The van der Waals surface area contributed by atoms with Gasteiger partial charge in [-0.15, -0.1) is 0 Å². The van der Waals surface area contributed by atoms with Gasteiger partial charge in [-0.05, 0) is 90.8 Å². The molecule has 0 radical (unpaired) electrons. The summed E-state index contributed by atoms with van der Waals surface area (Å²) in [7, 11) is -3.92. The van der Waals surface area contributed by atoms with Crippen molar-refractivity contribution in [1.29, 1.82) is 0 Å². The van der Waals surface area contributed by atoms with E-state index in [0.717, 1.165) is 33.5 Å². The van der Waals surface area contributed by atoms with Crippen LogP contribution in [0.3, 0.4) is 0 Å². The maximum Gasteiger partial charge on any atom is 0.261 e. The first-order chi connectivity index (χ1) is 18.2. The highest BCUT2D eigenvalue weighted by molar-refractivity contribution is 7.92. The van der Waals surface area contributed by atoms with Gasteiger partial charge in [-0.3, -0.25) is 19.4 Å². The summed E-state index contributed by atoms with van der Waals surface area (Å²) in [4.78, 5) is 24.0. The molecular weight excluding hydrogens is 547 g/mol. The Kier molecular flexibility index (Phi) is 7.11. The molecule has 192 valence electrons. The summed E-state index contributed by atoms with van der Waals surface area (Å²) >= 11 is 7.59.